The standard InChI is InChI=1S/C29H20O/c1-18-10-13-23-21-8-4-2-6-19(21)11-14-25(23)28(18)29-26-15-12-20-7-3-5-9-22(20)24(26)16-17-27(29)30/h2-17,30H,1H3. The van der Waals surface area contributed by atoms with Gasteiger partial charge in [-0.2, -0.15) is 0 Å². The van der Waals surface area contributed by atoms with E-state index in [1.807, 2.05) is 12.1 Å². The first-order valence-corrected chi connectivity index (χ1v) is 10.3. The largest absolute Gasteiger partial charge is 0.507 e. The van der Waals surface area contributed by atoms with E-state index in [-0.39, 0.29) is 0 Å². The van der Waals surface area contributed by atoms with Gasteiger partial charge < -0.3 is 5.11 Å². The number of phenols is 1. The van der Waals surface area contributed by atoms with Crippen molar-refractivity contribution in [1.29, 1.82) is 0 Å². The fourth-order valence-electron chi connectivity index (χ4n) is 4.87. The van der Waals surface area contributed by atoms with Gasteiger partial charge in [0.15, 0.2) is 0 Å². The number of phenolic OH excluding ortho intramolecular Hbond substituents is 1. The van der Waals surface area contributed by atoms with Crippen molar-refractivity contribution < 1.29 is 5.11 Å². The number of aryl methyl sites for hydroxylation is 1. The van der Waals surface area contributed by atoms with Crippen LogP contribution in [0, 0.1) is 6.92 Å². The Balaban J connectivity index is 1.80. The quantitative estimate of drug-likeness (QED) is 0.285. The zero-order valence-electron chi connectivity index (χ0n) is 16.7. The van der Waals surface area contributed by atoms with Crippen molar-refractivity contribution >= 4 is 43.1 Å². The van der Waals surface area contributed by atoms with Crippen LogP contribution in [-0.2, 0) is 0 Å². The van der Waals surface area contributed by atoms with E-state index in [1.54, 1.807) is 0 Å². The lowest BCUT2D eigenvalue weighted by Crippen LogP contribution is -1.90. The van der Waals surface area contributed by atoms with E-state index in [4.69, 9.17) is 0 Å². The lowest BCUT2D eigenvalue weighted by Gasteiger charge is -2.17. The summed E-state index contributed by atoms with van der Waals surface area (Å²) in [5.74, 6) is 0.321. The minimum Gasteiger partial charge on any atom is -0.507 e. The molecule has 0 heterocycles. The molecule has 1 nitrogen and oxygen atoms in total. The molecule has 0 fully saturated rings. The van der Waals surface area contributed by atoms with Crippen LogP contribution in [0.25, 0.3) is 54.2 Å². The molecule has 0 saturated heterocycles. The second-order valence-corrected chi connectivity index (χ2v) is 7.98. The Hall–Kier alpha value is -3.84. The van der Waals surface area contributed by atoms with Crippen LogP contribution < -0.4 is 0 Å². The van der Waals surface area contributed by atoms with E-state index < -0.39 is 0 Å². The van der Waals surface area contributed by atoms with Gasteiger partial charge in [-0.1, -0.05) is 91.0 Å². The molecule has 0 amide bonds. The minimum atomic E-state index is 0.321. The van der Waals surface area contributed by atoms with E-state index >= 15 is 0 Å². The second kappa shape index (κ2) is 6.33. The molecule has 1 heteroatoms. The van der Waals surface area contributed by atoms with Gasteiger partial charge >= 0.3 is 0 Å². The Kier molecular flexibility index (Phi) is 3.60. The normalized spacial score (nSPS) is 11.6. The van der Waals surface area contributed by atoms with Crippen molar-refractivity contribution in [3.05, 3.63) is 103 Å². The predicted molar refractivity (Wildman–Crippen MR) is 128 cm³/mol. The van der Waals surface area contributed by atoms with Crippen LogP contribution in [0.5, 0.6) is 5.75 Å². The zero-order chi connectivity index (χ0) is 20.2. The van der Waals surface area contributed by atoms with E-state index in [1.165, 1.54) is 32.3 Å². The molecule has 0 saturated carbocycles. The SMILES string of the molecule is Cc1ccc2c(ccc3ccccc32)c1-c1c(O)ccc2c1ccc1ccccc12. The van der Waals surface area contributed by atoms with Crippen molar-refractivity contribution in [2.45, 2.75) is 6.92 Å². The second-order valence-electron chi connectivity index (χ2n) is 7.98. The highest BCUT2D eigenvalue weighted by molar-refractivity contribution is 6.19. The summed E-state index contributed by atoms with van der Waals surface area (Å²) in [4.78, 5) is 0. The monoisotopic (exact) mass is 384 g/mol. The van der Waals surface area contributed by atoms with E-state index in [0.29, 0.717) is 5.75 Å². The molecular weight excluding hydrogens is 364 g/mol. The maximum atomic E-state index is 11.0. The van der Waals surface area contributed by atoms with Crippen molar-refractivity contribution in [2.75, 3.05) is 0 Å². The van der Waals surface area contributed by atoms with Gasteiger partial charge in [-0.05, 0) is 67.2 Å². The van der Waals surface area contributed by atoms with Crippen LogP contribution in [0.3, 0.4) is 0 Å². The first kappa shape index (κ1) is 17.1. The van der Waals surface area contributed by atoms with Crippen LogP contribution in [0.4, 0.5) is 0 Å². The lowest BCUT2D eigenvalue weighted by atomic mass is 9.87. The molecule has 0 aliphatic carbocycles. The number of rotatable bonds is 1. The molecule has 6 aromatic carbocycles. The molecule has 1 N–H and O–H groups in total. The fourth-order valence-corrected chi connectivity index (χ4v) is 4.87. The van der Waals surface area contributed by atoms with Gasteiger partial charge in [0.1, 0.15) is 5.75 Å². The van der Waals surface area contributed by atoms with E-state index in [0.717, 1.165) is 27.5 Å². The highest BCUT2D eigenvalue weighted by atomic mass is 16.3. The number of aromatic hydroxyl groups is 1. The maximum Gasteiger partial charge on any atom is 0.124 e. The Bertz CT molecular complexity index is 1490. The van der Waals surface area contributed by atoms with Crippen molar-refractivity contribution in [1.82, 2.24) is 0 Å². The number of benzene rings is 6. The zero-order valence-corrected chi connectivity index (χ0v) is 16.7. The summed E-state index contributed by atoms with van der Waals surface area (Å²) >= 11 is 0. The first-order chi connectivity index (χ1) is 14.7. The molecule has 0 aromatic heterocycles. The van der Waals surface area contributed by atoms with Crippen molar-refractivity contribution in [3.63, 3.8) is 0 Å². The van der Waals surface area contributed by atoms with Crippen LogP contribution in [0.2, 0.25) is 0 Å². The highest BCUT2D eigenvalue weighted by Gasteiger charge is 2.17. The van der Waals surface area contributed by atoms with Crippen molar-refractivity contribution in [2.24, 2.45) is 0 Å². The third kappa shape index (κ3) is 2.36. The third-order valence-electron chi connectivity index (χ3n) is 6.29. The van der Waals surface area contributed by atoms with Gasteiger partial charge in [0.2, 0.25) is 0 Å². The Labute approximate surface area is 174 Å². The van der Waals surface area contributed by atoms with Gasteiger partial charge in [-0.25, -0.2) is 0 Å². The highest BCUT2D eigenvalue weighted by Crippen LogP contribution is 2.44. The molecule has 0 atom stereocenters. The molecule has 0 aliphatic heterocycles. The Morgan fingerprint density at radius 3 is 1.57 bits per heavy atom. The molecule has 0 aliphatic rings. The maximum absolute atomic E-state index is 11.0. The summed E-state index contributed by atoms with van der Waals surface area (Å²) in [5.41, 5.74) is 3.18. The number of hydrogen-bond acceptors (Lipinski definition) is 1. The van der Waals surface area contributed by atoms with E-state index in [9.17, 15) is 5.11 Å². The molecular formula is C29H20O. The summed E-state index contributed by atoms with van der Waals surface area (Å²) in [6.45, 7) is 2.13. The summed E-state index contributed by atoms with van der Waals surface area (Å²) < 4.78 is 0. The molecule has 6 aromatic rings. The van der Waals surface area contributed by atoms with Gasteiger partial charge in [-0.15, -0.1) is 0 Å². The van der Waals surface area contributed by atoms with Gasteiger partial charge in [0, 0.05) is 5.56 Å². The first-order valence-electron chi connectivity index (χ1n) is 10.3. The van der Waals surface area contributed by atoms with Gasteiger partial charge in [0.25, 0.3) is 0 Å². The predicted octanol–water partition coefficient (Wildman–Crippen LogP) is 7.98. The van der Waals surface area contributed by atoms with Crippen molar-refractivity contribution in [3.8, 4) is 16.9 Å². The third-order valence-corrected chi connectivity index (χ3v) is 6.29. The molecule has 0 unspecified atom stereocenters. The average Bonchev–Trinajstić information content (AvgIpc) is 2.79. The minimum absolute atomic E-state index is 0.321. The van der Waals surface area contributed by atoms with Crippen LogP contribution >= 0.6 is 0 Å². The molecule has 142 valence electrons. The molecule has 30 heavy (non-hydrogen) atoms. The van der Waals surface area contributed by atoms with Crippen LogP contribution in [0.15, 0.2) is 97.1 Å². The molecule has 0 radical (unpaired) electrons. The average molecular weight is 384 g/mol. The number of hydrogen-bond donors (Lipinski definition) is 1. The summed E-state index contributed by atoms with van der Waals surface area (Å²) in [6.07, 6.45) is 0. The molecule has 0 spiro atoms. The van der Waals surface area contributed by atoms with Gasteiger partial charge in [0.05, 0.1) is 0 Å². The van der Waals surface area contributed by atoms with Crippen LogP contribution in [0.1, 0.15) is 5.56 Å². The molecule has 0 bridgehead atoms. The summed E-state index contributed by atoms with van der Waals surface area (Å²) in [6, 6.07) is 33.8. The van der Waals surface area contributed by atoms with E-state index in [2.05, 4.69) is 91.9 Å². The fraction of sp³-hybridized carbons (Fsp3) is 0.0345. The smallest absolute Gasteiger partial charge is 0.124 e. The Morgan fingerprint density at radius 1 is 0.433 bits per heavy atom. The lowest BCUT2D eigenvalue weighted by molar-refractivity contribution is 0.478. The van der Waals surface area contributed by atoms with Gasteiger partial charge in [-0.3, -0.25) is 0 Å². The Morgan fingerprint density at radius 2 is 0.933 bits per heavy atom. The molecule has 6 rings (SSSR count). The van der Waals surface area contributed by atoms with Crippen LogP contribution in [-0.4, -0.2) is 5.11 Å². The number of fused-ring (bicyclic) bond motifs is 6. The topological polar surface area (TPSA) is 20.2 Å². The summed E-state index contributed by atoms with van der Waals surface area (Å²) in [7, 11) is 0. The summed E-state index contributed by atoms with van der Waals surface area (Å²) in [5, 5.41) is 20.5.